The molecule has 0 radical (unpaired) electrons. The Kier molecular flexibility index (Phi) is 5.13. The van der Waals surface area contributed by atoms with E-state index in [-0.39, 0.29) is 5.88 Å². The van der Waals surface area contributed by atoms with Crippen molar-refractivity contribution >= 4 is 33.0 Å². The average molecular weight is 337 g/mol. The van der Waals surface area contributed by atoms with E-state index in [1.807, 2.05) is 12.3 Å². The molecule has 2 rings (SSSR count). The predicted octanol–water partition coefficient (Wildman–Crippen LogP) is 2.37. The molecule has 1 aliphatic rings. The van der Waals surface area contributed by atoms with Gasteiger partial charge in [0.15, 0.2) is 0 Å². The van der Waals surface area contributed by atoms with Crippen LogP contribution in [0.1, 0.15) is 16.9 Å². The smallest absolute Gasteiger partial charge is 0.244 e. The molecule has 1 aromatic heterocycles. The first-order valence-corrected chi connectivity index (χ1v) is 9.49. The van der Waals surface area contributed by atoms with Gasteiger partial charge < -0.3 is 4.90 Å². The second-order valence-corrected chi connectivity index (χ2v) is 8.72. The molecule has 1 aromatic rings. The van der Waals surface area contributed by atoms with E-state index in [9.17, 15) is 8.42 Å². The van der Waals surface area contributed by atoms with Crippen LogP contribution in [0.4, 0.5) is 0 Å². The van der Waals surface area contributed by atoms with Crippen molar-refractivity contribution in [1.82, 2.24) is 9.21 Å². The lowest BCUT2D eigenvalue weighted by Crippen LogP contribution is -2.33. The number of aryl methyl sites for hydroxylation is 1. The molecule has 0 aliphatic carbocycles. The molecule has 0 saturated carbocycles. The summed E-state index contributed by atoms with van der Waals surface area (Å²) in [6.07, 6.45) is 1.06. The van der Waals surface area contributed by atoms with E-state index in [4.69, 9.17) is 11.6 Å². The summed E-state index contributed by atoms with van der Waals surface area (Å²) in [6.45, 7) is 4.41. The Balaban J connectivity index is 2.19. The number of likely N-dealkylation sites (tertiary alicyclic amines) is 1. The predicted molar refractivity (Wildman–Crippen MR) is 84.0 cm³/mol. The van der Waals surface area contributed by atoms with Crippen LogP contribution in [0.25, 0.3) is 0 Å². The van der Waals surface area contributed by atoms with Crippen molar-refractivity contribution in [3.63, 3.8) is 0 Å². The van der Waals surface area contributed by atoms with Gasteiger partial charge in [-0.15, -0.1) is 22.9 Å². The first-order chi connectivity index (χ1) is 9.36. The van der Waals surface area contributed by atoms with Crippen LogP contribution >= 0.6 is 22.9 Å². The lowest BCUT2D eigenvalue weighted by molar-refractivity contribution is 0.356. The number of sulfonamides is 1. The third kappa shape index (κ3) is 3.20. The molecule has 1 fully saturated rings. The number of thiophene rings is 1. The highest BCUT2D eigenvalue weighted by atomic mass is 35.5. The summed E-state index contributed by atoms with van der Waals surface area (Å²) in [6, 6.07) is 0. The molecular weight excluding hydrogens is 316 g/mol. The third-order valence-corrected chi connectivity index (χ3v) is 7.50. The summed E-state index contributed by atoms with van der Waals surface area (Å²) in [5.41, 5.74) is 0.793. The van der Waals surface area contributed by atoms with E-state index in [1.54, 1.807) is 7.05 Å². The van der Waals surface area contributed by atoms with Gasteiger partial charge in [-0.1, -0.05) is 0 Å². The standard InChI is InChI=1S/C13H21ClN2O2S2/c1-10-9-19-12(6-14)13(10)20(17,18)16(3)8-11-4-5-15(2)7-11/h9,11H,4-8H2,1-3H3. The minimum absolute atomic E-state index is 0.243. The van der Waals surface area contributed by atoms with E-state index >= 15 is 0 Å². The highest BCUT2D eigenvalue weighted by Crippen LogP contribution is 2.31. The Morgan fingerprint density at radius 1 is 1.55 bits per heavy atom. The van der Waals surface area contributed by atoms with Crippen LogP contribution in [0.2, 0.25) is 0 Å². The molecule has 0 N–H and O–H groups in total. The molecular formula is C13H21ClN2O2S2. The van der Waals surface area contributed by atoms with Gasteiger partial charge in [-0.05, 0) is 43.8 Å². The highest BCUT2D eigenvalue weighted by Gasteiger charge is 2.30. The Morgan fingerprint density at radius 3 is 2.80 bits per heavy atom. The van der Waals surface area contributed by atoms with Gasteiger partial charge >= 0.3 is 0 Å². The third-order valence-electron chi connectivity index (χ3n) is 3.78. The topological polar surface area (TPSA) is 40.6 Å². The average Bonchev–Trinajstić information content (AvgIpc) is 2.95. The monoisotopic (exact) mass is 336 g/mol. The van der Waals surface area contributed by atoms with Crippen LogP contribution < -0.4 is 0 Å². The van der Waals surface area contributed by atoms with Crippen LogP contribution in [0.15, 0.2) is 10.3 Å². The van der Waals surface area contributed by atoms with E-state index in [2.05, 4.69) is 11.9 Å². The largest absolute Gasteiger partial charge is 0.306 e. The summed E-state index contributed by atoms with van der Waals surface area (Å²) in [4.78, 5) is 3.39. The molecule has 1 aliphatic heterocycles. The van der Waals surface area contributed by atoms with Gasteiger partial charge in [0, 0.05) is 25.0 Å². The molecule has 20 heavy (non-hydrogen) atoms. The zero-order valence-electron chi connectivity index (χ0n) is 12.1. The van der Waals surface area contributed by atoms with Crippen molar-refractivity contribution in [1.29, 1.82) is 0 Å². The molecule has 0 bridgehead atoms. The lowest BCUT2D eigenvalue weighted by Gasteiger charge is -2.21. The fourth-order valence-electron chi connectivity index (χ4n) is 2.72. The van der Waals surface area contributed by atoms with Crippen LogP contribution in [-0.2, 0) is 15.9 Å². The van der Waals surface area contributed by atoms with Crippen molar-refractivity contribution in [3.05, 3.63) is 15.8 Å². The quantitative estimate of drug-likeness (QED) is 0.775. The van der Waals surface area contributed by atoms with Gasteiger partial charge in [0.25, 0.3) is 0 Å². The second-order valence-electron chi connectivity index (χ2n) is 5.51. The van der Waals surface area contributed by atoms with E-state index < -0.39 is 10.0 Å². The Bertz CT molecular complexity index is 571. The molecule has 7 heteroatoms. The Hall–Kier alpha value is -0.140. The first-order valence-electron chi connectivity index (χ1n) is 6.64. The van der Waals surface area contributed by atoms with Gasteiger partial charge in [-0.3, -0.25) is 0 Å². The van der Waals surface area contributed by atoms with Crippen molar-refractivity contribution in [2.75, 3.05) is 33.7 Å². The number of hydrogen-bond donors (Lipinski definition) is 0. The molecule has 4 nitrogen and oxygen atoms in total. The summed E-state index contributed by atoms with van der Waals surface area (Å²) in [5.74, 6) is 0.658. The van der Waals surface area contributed by atoms with Gasteiger partial charge in [-0.2, -0.15) is 0 Å². The summed E-state index contributed by atoms with van der Waals surface area (Å²) >= 11 is 7.28. The van der Waals surface area contributed by atoms with Gasteiger partial charge in [-0.25, -0.2) is 12.7 Å². The zero-order chi connectivity index (χ0) is 14.9. The number of alkyl halides is 1. The zero-order valence-corrected chi connectivity index (χ0v) is 14.5. The Labute approximate surface area is 130 Å². The molecule has 1 atom stereocenters. The number of halogens is 1. The summed E-state index contributed by atoms with van der Waals surface area (Å²) in [5, 5.41) is 1.86. The van der Waals surface area contributed by atoms with Crippen molar-refractivity contribution < 1.29 is 8.42 Å². The van der Waals surface area contributed by atoms with E-state index in [0.29, 0.717) is 17.4 Å². The minimum atomic E-state index is -3.43. The van der Waals surface area contributed by atoms with E-state index in [0.717, 1.165) is 30.0 Å². The molecule has 114 valence electrons. The maximum Gasteiger partial charge on any atom is 0.244 e. The first kappa shape index (κ1) is 16.2. The molecule has 1 unspecified atom stereocenters. The maximum atomic E-state index is 12.7. The van der Waals surface area contributed by atoms with Crippen molar-refractivity contribution in [3.8, 4) is 0 Å². The number of hydrogen-bond acceptors (Lipinski definition) is 4. The van der Waals surface area contributed by atoms with Crippen LogP contribution in [0.5, 0.6) is 0 Å². The van der Waals surface area contributed by atoms with E-state index in [1.165, 1.54) is 15.6 Å². The molecule has 0 spiro atoms. The minimum Gasteiger partial charge on any atom is -0.306 e. The lowest BCUT2D eigenvalue weighted by atomic mass is 10.1. The fraction of sp³-hybridized carbons (Fsp3) is 0.692. The van der Waals surface area contributed by atoms with Gasteiger partial charge in [0.2, 0.25) is 10.0 Å². The normalized spacial score (nSPS) is 20.9. The molecule has 0 amide bonds. The molecule has 2 heterocycles. The molecule has 1 saturated heterocycles. The fourth-order valence-corrected chi connectivity index (χ4v) is 5.97. The maximum absolute atomic E-state index is 12.7. The van der Waals surface area contributed by atoms with Crippen LogP contribution in [-0.4, -0.2) is 51.4 Å². The SMILES string of the molecule is Cc1csc(CCl)c1S(=O)(=O)N(C)CC1CCN(C)C1. The van der Waals surface area contributed by atoms with Gasteiger partial charge in [0.05, 0.1) is 5.88 Å². The van der Waals surface area contributed by atoms with Crippen molar-refractivity contribution in [2.24, 2.45) is 5.92 Å². The summed E-state index contributed by atoms with van der Waals surface area (Å²) in [7, 11) is 0.309. The second kappa shape index (κ2) is 6.32. The Morgan fingerprint density at radius 2 is 2.25 bits per heavy atom. The van der Waals surface area contributed by atoms with Crippen LogP contribution in [0, 0.1) is 12.8 Å². The highest BCUT2D eigenvalue weighted by molar-refractivity contribution is 7.89. The van der Waals surface area contributed by atoms with Gasteiger partial charge in [0.1, 0.15) is 4.90 Å². The van der Waals surface area contributed by atoms with Crippen molar-refractivity contribution in [2.45, 2.75) is 24.1 Å². The summed E-state index contributed by atoms with van der Waals surface area (Å²) < 4.78 is 26.9. The number of rotatable bonds is 5. The number of nitrogens with zero attached hydrogens (tertiary/aromatic N) is 2. The molecule has 0 aromatic carbocycles. The van der Waals surface area contributed by atoms with Crippen LogP contribution in [0.3, 0.4) is 0 Å².